The van der Waals surface area contributed by atoms with Crippen LogP contribution in [0.2, 0.25) is 0 Å². The zero-order chi connectivity index (χ0) is 24.5. The highest BCUT2D eigenvalue weighted by atomic mass is 16.4. The van der Waals surface area contributed by atoms with E-state index in [-0.39, 0.29) is 27.1 Å². The fourth-order valence-electron chi connectivity index (χ4n) is 10.6. The van der Waals surface area contributed by atoms with Crippen molar-refractivity contribution in [1.29, 1.82) is 0 Å². The maximum atomic E-state index is 11.6. The molecule has 4 aliphatic carbocycles. The highest BCUT2D eigenvalue weighted by molar-refractivity contribution is 5.66. The highest BCUT2D eigenvalue weighted by Crippen LogP contribution is 2.77. The molecule has 0 radical (unpaired) electrons. The van der Waals surface area contributed by atoms with Crippen LogP contribution in [0.5, 0.6) is 0 Å². The van der Waals surface area contributed by atoms with Crippen LogP contribution in [0.25, 0.3) is 0 Å². The van der Waals surface area contributed by atoms with E-state index < -0.39 is 5.97 Å². The Morgan fingerprint density at radius 3 is 2.06 bits per heavy atom. The van der Waals surface area contributed by atoms with Gasteiger partial charge in [0.2, 0.25) is 0 Å². The summed E-state index contributed by atoms with van der Waals surface area (Å²) in [5, 5.41) is 20.3. The first-order valence-electron chi connectivity index (χ1n) is 14.0. The van der Waals surface area contributed by atoms with Crippen LogP contribution in [0, 0.1) is 50.2 Å². The summed E-state index contributed by atoms with van der Waals surface area (Å²) >= 11 is 0. The molecule has 4 saturated carbocycles. The molecule has 0 aliphatic heterocycles. The van der Waals surface area contributed by atoms with Crippen LogP contribution in [-0.2, 0) is 4.79 Å². The van der Waals surface area contributed by atoms with Gasteiger partial charge in [-0.3, -0.25) is 4.79 Å². The van der Waals surface area contributed by atoms with Crippen LogP contribution < -0.4 is 0 Å². The molecular formula is C30H52O3. The van der Waals surface area contributed by atoms with E-state index in [4.69, 9.17) is 0 Å². The monoisotopic (exact) mass is 460 g/mol. The number of carbonyl (C=O) groups is 1. The summed E-state index contributed by atoms with van der Waals surface area (Å²) in [6.45, 7) is 17.8. The molecule has 8 atom stereocenters. The lowest BCUT2D eigenvalue weighted by atomic mass is 9.30. The fourth-order valence-corrected chi connectivity index (χ4v) is 10.6. The normalized spacial score (nSPS) is 51.2. The van der Waals surface area contributed by atoms with Crippen molar-refractivity contribution in [2.75, 3.05) is 6.61 Å². The smallest absolute Gasteiger partial charge is 0.303 e. The Kier molecular flexibility index (Phi) is 6.16. The summed E-state index contributed by atoms with van der Waals surface area (Å²) in [5.41, 5.74) is 1.48. The van der Waals surface area contributed by atoms with E-state index in [0.717, 1.165) is 12.8 Å². The van der Waals surface area contributed by atoms with Crippen molar-refractivity contribution in [1.82, 2.24) is 0 Å². The molecule has 3 unspecified atom stereocenters. The molecule has 4 aliphatic rings. The predicted molar refractivity (Wildman–Crippen MR) is 135 cm³/mol. The lowest BCUT2D eigenvalue weighted by Gasteiger charge is -2.74. The van der Waals surface area contributed by atoms with E-state index in [1.54, 1.807) is 0 Å². The van der Waals surface area contributed by atoms with Crippen LogP contribution in [0.15, 0.2) is 0 Å². The summed E-state index contributed by atoms with van der Waals surface area (Å²) < 4.78 is 0. The van der Waals surface area contributed by atoms with Crippen LogP contribution in [-0.4, -0.2) is 22.8 Å². The molecule has 0 aromatic rings. The van der Waals surface area contributed by atoms with Gasteiger partial charge in [-0.05, 0) is 114 Å². The molecule has 0 aromatic heterocycles. The molecule has 4 rings (SSSR count). The number of rotatable bonds is 5. The second-order valence-corrected chi connectivity index (χ2v) is 14.9. The number of fused-ring (bicyclic) bond motifs is 5. The second-order valence-electron chi connectivity index (χ2n) is 14.9. The number of aliphatic hydroxyl groups excluding tert-OH is 1. The third kappa shape index (κ3) is 3.56. The minimum absolute atomic E-state index is 0.118. The van der Waals surface area contributed by atoms with Crippen LogP contribution in [0.3, 0.4) is 0 Å². The van der Waals surface area contributed by atoms with Gasteiger partial charge < -0.3 is 10.2 Å². The van der Waals surface area contributed by atoms with Gasteiger partial charge in [-0.25, -0.2) is 0 Å². The molecule has 0 spiro atoms. The van der Waals surface area contributed by atoms with E-state index in [1.165, 1.54) is 57.8 Å². The predicted octanol–water partition coefficient (Wildman–Crippen LogP) is 7.71. The molecule has 33 heavy (non-hydrogen) atoms. The van der Waals surface area contributed by atoms with Crippen LogP contribution >= 0.6 is 0 Å². The Bertz CT molecular complexity index is 775. The van der Waals surface area contributed by atoms with Crippen molar-refractivity contribution in [3.63, 3.8) is 0 Å². The third-order valence-electron chi connectivity index (χ3n) is 13.2. The van der Waals surface area contributed by atoms with Gasteiger partial charge in [0, 0.05) is 13.0 Å². The van der Waals surface area contributed by atoms with Gasteiger partial charge in [-0.2, -0.15) is 0 Å². The van der Waals surface area contributed by atoms with Crippen LogP contribution in [0.4, 0.5) is 0 Å². The standard InChI is InChI=1S/C30H52O3/c1-8-26(4)12-11-22-27(5,21(26)9-10-24(32)33)14-15-29(7)23-19-25(2,3)13-17-30(23,20-31)18-16-28(22,29)6/h21-23,31H,8-20H2,1-7H3,(H,32,33)/t21?,22?,23?,26-,27-,28+,29-,30+/m1/s1. The number of aliphatic hydroxyl groups is 1. The Morgan fingerprint density at radius 2 is 1.45 bits per heavy atom. The van der Waals surface area contributed by atoms with Crippen molar-refractivity contribution in [3.8, 4) is 0 Å². The summed E-state index contributed by atoms with van der Waals surface area (Å²) in [4.78, 5) is 11.6. The van der Waals surface area contributed by atoms with E-state index >= 15 is 0 Å². The topological polar surface area (TPSA) is 57.5 Å². The third-order valence-corrected chi connectivity index (χ3v) is 13.2. The lowest BCUT2D eigenvalue weighted by Crippen LogP contribution is -2.67. The maximum Gasteiger partial charge on any atom is 0.303 e. The lowest BCUT2D eigenvalue weighted by molar-refractivity contribution is -0.258. The summed E-state index contributed by atoms with van der Waals surface area (Å²) in [6.07, 6.45) is 13.4. The Labute approximate surface area is 203 Å². The molecule has 3 heteroatoms. The molecule has 0 saturated heterocycles. The SMILES string of the molecule is CC[C@]1(C)CCC2[C@](C)(CC[C@]3(C)C4CC(C)(C)CC[C@@]4(CO)CC[C@@]23C)C1CCC(=O)O. The van der Waals surface area contributed by atoms with Gasteiger partial charge in [0.1, 0.15) is 0 Å². The van der Waals surface area contributed by atoms with Gasteiger partial charge in [0.05, 0.1) is 0 Å². The number of hydrogen-bond donors (Lipinski definition) is 2. The van der Waals surface area contributed by atoms with Crippen molar-refractivity contribution < 1.29 is 15.0 Å². The van der Waals surface area contributed by atoms with Crippen molar-refractivity contribution in [2.24, 2.45) is 50.2 Å². The van der Waals surface area contributed by atoms with Gasteiger partial charge in [-0.15, -0.1) is 0 Å². The molecule has 3 nitrogen and oxygen atoms in total. The highest BCUT2D eigenvalue weighted by Gasteiger charge is 2.70. The first-order chi connectivity index (χ1) is 15.2. The minimum Gasteiger partial charge on any atom is -0.481 e. The van der Waals surface area contributed by atoms with Gasteiger partial charge in [0.15, 0.2) is 0 Å². The zero-order valence-corrected chi connectivity index (χ0v) is 22.7. The van der Waals surface area contributed by atoms with Gasteiger partial charge >= 0.3 is 5.97 Å². The molecule has 0 bridgehead atoms. The largest absolute Gasteiger partial charge is 0.481 e. The average molecular weight is 461 g/mol. The van der Waals surface area contributed by atoms with Crippen molar-refractivity contribution in [2.45, 2.75) is 126 Å². The van der Waals surface area contributed by atoms with Crippen molar-refractivity contribution in [3.05, 3.63) is 0 Å². The van der Waals surface area contributed by atoms with Gasteiger partial charge in [-0.1, -0.05) is 54.9 Å². The molecule has 0 amide bonds. The molecule has 2 N–H and O–H groups in total. The van der Waals surface area contributed by atoms with Gasteiger partial charge in [0.25, 0.3) is 0 Å². The number of carboxylic acid groups (broad SMARTS) is 1. The van der Waals surface area contributed by atoms with E-state index in [0.29, 0.717) is 36.2 Å². The van der Waals surface area contributed by atoms with Crippen molar-refractivity contribution >= 4 is 5.97 Å². The van der Waals surface area contributed by atoms with E-state index in [9.17, 15) is 15.0 Å². The minimum atomic E-state index is -0.638. The fraction of sp³-hybridized carbons (Fsp3) is 0.967. The molecule has 0 heterocycles. The average Bonchev–Trinajstić information content (AvgIpc) is 2.74. The number of aliphatic carboxylic acids is 1. The van der Waals surface area contributed by atoms with Crippen LogP contribution in [0.1, 0.15) is 126 Å². The quantitative estimate of drug-likeness (QED) is 0.442. The number of hydrogen-bond acceptors (Lipinski definition) is 2. The second kappa shape index (κ2) is 7.97. The Hall–Kier alpha value is -0.570. The molecular weight excluding hydrogens is 408 g/mol. The zero-order valence-electron chi connectivity index (χ0n) is 22.7. The summed E-state index contributed by atoms with van der Waals surface area (Å²) in [6, 6.07) is 0. The first kappa shape index (κ1) is 25.5. The first-order valence-corrected chi connectivity index (χ1v) is 14.0. The Morgan fingerprint density at radius 1 is 0.848 bits per heavy atom. The number of carboxylic acids is 1. The molecule has 190 valence electrons. The summed E-state index contributed by atoms with van der Waals surface area (Å²) in [7, 11) is 0. The molecule has 4 fully saturated rings. The molecule has 0 aromatic carbocycles. The Balaban J connectivity index is 1.75. The maximum absolute atomic E-state index is 11.6. The van der Waals surface area contributed by atoms with E-state index in [2.05, 4.69) is 48.5 Å². The van der Waals surface area contributed by atoms with E-state index in [1.807, 2.05) is 0 Å². The summed E-state index contributed by atoms with van der Waals surface area (Å²) in [5.74, 6) is 1.10.